The number of nitrogens with zero attached hydrogens (tertiary/aromatic N) is 1. The number of carbonyl (C=O) groups is 1. The molecule has 2 atom stereocenters. The van der Waals surface area contributed by atoms with Crippen molar-refractivity contribution in [3.05, 3.63) is 65.2 Å². The van der Waals surface area contributed by atoms with Gasteiger partial charge in [0.15, 0.2) is 0 Å². The zero-order valence-electron chi connectivity index (χ0n) is 16.0. The Balaban J connectivity index is 1.76. The lowest BCUT2D eigenvalue weighted by atomic mass is 9.82. The van der Waals surface area contributed by atoms with Crippen LogP contribution in [0.3, 0.4) is 0 Å². The van der Waals surface area contributed by atoms with E-state index in [1.165, 1.54) is 22.4 Å². The van der Waals surface area contributed by atoms with Crippen LogP contribution in [-0.2, 0) is 10.2 Å². The Kier molecular flexibility index (Phi) is 4.26. The van der Waals surface area contributed by atoms with Crippen LogP contribution < -0.4 is 5.32 Å². The van der Waals surface area contributed by atoms with Crippen molar-refractivity contribution in [2.45, 2.75) is 57.5 Å². The first-order valence-electron chi connectivity index (χ1n) is 9.69. The Bertz CT molecular complexity index is 807. The molecule has 0 saturated carbocycles. The second-order valence-electron chi connectivity index (χ2n) is 8.60. The molecule has 3 nitrogen and oxygen atoms in total. The number of benzene rings is 2. The van der Waals surface area contributed by atoms with Crippen LogP contribution in [0.1, 0.15) is 68.8 Å². The second kappa shape index (κ2) is 6.46. The molecule has 2 aliphatic rings. The van der Waals surface area contributed by atoms with Gasteiger partial charge >= 0.3 is 0 Å². The molecule has 0 aliphatic carbocycles. The van der Waals surface area contributed by atoms with Crippen molar-refractivity contribution in [1.82, 2.24) is 4.90 Å². The topological polar surface area (TPSA) is 32.3 Å². The number of hydrogen-bond donors (Lipinski definition) is 1. The molecule has 2 aromatic rings. The summed E-state index contributed by atoms with van der Waals surface area (Å²) >= 11 is 0. The lowest BCUT2D eigenvalue weighted by Crippen LogP contribution is -2.35. The van der Waals surface area contributed by atoms with Crippen LogP contribution in [0.15, 0.2) is 48.5 Å². The summed E-state index contributed by atoms with van der Waals surface area (Å²) in [5.41, 5.74) is 5.16. The number of fused-ring (bicyclic) bond motifs is 1. The van der Waals surface area contributed by atoms with E-state index in [1.54, 1.807) is 0 Å². The molecule has 26 heavy (non-hydrogen) atoms. The molecule has 2 aromatic carbocycles. The number of likely N-dealkylation sites (tertiary alicyclic amines) is 1. The van der Waals surface area contributed by atoms with Gasteiger partial charge in [0.2, 0.25) is 5.91 Å². The minimum Gasteiger partial charge on any atom is -0.378 e. The summed E-state index contributed by atoms with van der Waals surface area (Å²) in [6.07, 6.45) is 2.59. The van der Waals surface area contributed by atoms with E-state index in [1.807, 2.05) is 0 Å². The first kappa shape index (κ1) is 17.1. The molecule has 0 bridgehead atoms. The highest BCUT2D eigenvalue weighted by atomic mass is 16.2. The smallest absolute Gasteiger partial charge is 0.223 e. The van der Waals surface area contributed by atoms with Crippen molar-refractivity contribution in [1.29, 1.82) is 0 Å². The van der Waals surface area contributed by atoms with Crippen LogP contribution in [0, 0.1) is 0 Å². The predicted molar refractivity (Wildman–Crippen MR) is 106 cm³/mol. The number of amides is 1. The maximum absolute atomic E-state index is 12.5. The van der Waals surface area contributed by atoms with Crippen LogP contribution in [0.2, 0.25) is 0 Å². The molecule has 1 fully saturated rings. The third kappa shape index (κ3) is 3.11. The summed E-state index contributed by atoms with van der Waals surface area (Å²) in [4.78, 5) is 14.6. The molecular weight excluding hydrogens is 320 g/mol. The van der Waals surface area contributed by atoms with Crippen molar-refractivity contribution in [3.8, 4) is 0 Å². The second-order valence-corrected chi connectivity index (χ2v) is 8.60. The summed E-state index contributed by atoms with van der Waals surface area (Å²) in [5.74, 6) is 0.302. The zero-order valence-corrected chi connectivity index (χ0v) is 16.0. The van der Waals surface area contributed by atoms with Crippen LogP contribution >= 0.6 is 0 Å². The van der Waals surface area contributed by atoms with Gasteiger partial charge in [0, 0.05) is 18.7 Å². The highest BCUT2D eigenvalue weighted by Crippen LogP contribution is 2.44. The molecular formula is C23H28N2O. The molecule has 3 heteroatoms. The normalized spacial score (nSPS) is 22.9. The summed E-state index contributed by atoms with van der Waals surface area (Å²) in [6.45, 7) is 7.61. The van der Waals surface area contributed by atoms with Crippen molar-refractivity contribution in [2.24, 2.45) is 0 Å². The van der Waals surface area contributed by atoms with Crippen LogP contribution in [0.5, 0.6) is 0 Å². The lowest BCUT2D eigenvalue weighted by molar-refractivity contribution is -0.130. The van der Waals surface area contributed by atoms with E-state index in [-0.39, 0.29) is 17.5 Å². The molecule has 4 rings (SSSR count). The summed E-state index contributed by atoms with van der Waals surface area (Å²) in [5, 5.41) is 3.72. The molecule has 0 aromatic heterocycles. The van der Waals surface area contributed by atoms with Gasteiger partial charge in [-0.05, 0) is 41.0 Å². The first-order valence-corrected chi connectivity index (χ1v) is 9.69. The Morgan fingerprint density at radius 2 is 1.85 bits per heavy atom. The molecule has 136 valence electrons. The summed E-state index contributed by atoms with van der Waals surface area (Å²) in [6, 6.07) is 17.7. The van der Waals surface area contributed by atoms with E-state index >= 15 is 0 Å². The molecule has 1 amide bonds. The van der Waals surface area contributed by atoms with Gasteiger partial charge in [0.1, 0.15) is 0 Å². The highest BCUT2D eigenvalue weighted by Gasteiger charge is 2.36. The predicted octanol–water partition coefficient (Wildman–Crippen LogP) is 5.20. The van der Waals surface area contributed by atoms with Gasteiger partial charge in [-0.2, -0.15) is 0 Å². The average molecular weight is 348 g/mol. The molecule has 0 radical (unpaired) electrons. The average Bonchev–Trinajstić information content (AvgIpc) is 3.06. The Labute approximate surface area is 156 Å². The van der Waals surface area contributed by atoms with E-state index in [2.05, 4.69) is 79.5 Å². The van der Waals surface area contributed by atoms with Crippen LogP contribution in [0.25, 0.3) is 0 Å². The number of anilines is 1. The lowest BCUT2D eigenvalue weighted by Gasteiger charge is -2.39. The fraction of sp³-hybridized carbons (Fsp3) is 0.435. The van der Waals surface area contributed by atoms with Crippen molar-refractivity contribution < 1.29 is 4.79 Å². The van der Waals surface area contributed by atoms with Gasteiger partial charge in [0.25, 0.3) is 0 Å². The van der Waals surface area contributed by atoms with Crippen LogP contribution in [0.4, 0.5) is 5.69 Å². The van der Waals surface area contributed by atoms with Gasteiger partial charge in [-0.1, -0.05) is 63.2 Å². The fourth-order valence-corrected chi connectivity index (χ4v) is 4.23. The van der Waals surface area contributed by atoms with E-state index in [9.17, 15) is 4.79 Å². The maximum Gasteiger partial charge on any atom is 0.223 e. The Morgan fingerprint density at radius 3 is 2.50 bits per heavy atom. The van der Waals surface area contributed by atoms with Crippen molar-refractivity contribution in [2.75, 3.05) is 11.9 Å². The maximum atomic E-state index is 12.5. The molecule has 1 N–H and O–H groups in total. The van der Waals surface area contributed by atoms with E-state index in [0.29, 0.717) is 12.3 Å². The molecule has 2 unspecified atom stereocenters. The molecule has 0 spiro atoms. The van der Waals surface area contributed by atoms with Crippen molar-refractivity contribution in [3.63, 3.8) is 0 Å². The van der Waals surface area contributed by atoms with Crippen LogP contribution in [-0.4, -0.2) is 17.4 Å². The summed E-state index contributed by atoms with van der Waals surface area (Å²) in [7, 11) is 0. The van der Waals surface area contributed by atoms with E-state index < -0.39 is 0 Å². The number of nitrogens with one attached hydrogen (secondary N) is 1. The van der Waals surface area contributed by atoms with Crippen molar-refractivity contribution >= 4 is 11.6 Å². The molecule has 2 heterocycles. The summed E-state index contributed by atoms with van der Waals surface area (Å²) < 4.78 is 0. The highest BCUT2D eigenvalue weighted by molar-refractivity contribution is 5.79. The van der Waals surface area contributed by atoms with Gasteiger partial charge < -0.3 is 10.2 Å². The Morgan fingerprint density at radius 1 is 1.08 bits per heavy atom. The van der Waals surface area contributed by atoms with Gasteiger partial charge in [-0.15, -0.1) is 0 Å². The third-order valence-electron chi connectivity index (χ3n) is 5.75. The van der Waals surface area contributed by atoms with Gasteiger partial charge in [-0.3, -0.25) is 4.79 Å². The number of carbonyl (C=O) groups excluding carboxylic acids is 1. The standard InChI is InChI=1S/C23H28N2O/c1-23(2,3)17-11-12-19-18(14-17)21(25-13-7-10-22(25)26)15-20(24-19)16-8-5-4-6-9-16/h4-6,8-9,11-12,14,20-21,24H,7,10,13,15H2,1-3H3. The van der Waals surface area contributed by atoms with E-state index in [4.69, 9.17) is 0 Å². The monoisotopic (exact) mass is 348 g/mol. The minimum atomic E-state index is 0.102. The SMILES string of the molecule is CC(C)(C)c1ccc2c(c1)C(N1CCCC1=O)CC(c1ccccc1)N2. The number of rotatable bonds is 2. The van der Waals surface area contributed by atoms with E-state index in [0.717, 1.165) is 19.4 Å². The van der Waals surface area contributed by atoms with Gasteiger partial charge in [0.05, 0.1) is 12.1 Å². The number of hydrogen-bond acceptors (Lipinski definition) is 2. The molecule has 2 aliphatic heterocycles. The third-order valence-corrected chi connectivity index (χ3v) is 5.75. The zero-order chi connectivity index (χ0) is 18.3. The Hall–Kier alpha value is -2.29. The quantitative estimate of drug-likeness (QED) is 0.808. The fourth-order valence-electron chi connectivity index (χ4n) is 4.23. The van der Waals surface area contributed by atoms with Gasteiger partial charge in [-0.25, -0.2) is 0 Å². The molecule has 1 saturated heterocycles. The first-order chi connectivity index (χ1) is 12.4. The minimum absolute atomic E-state index is 0.102. The largest absolute Gasteiger partial charge is 0.378 e.